The van der Waals surface area contributed by atoms with Gasteiger partial charge in [-0.15, -0.1) is 0 Å². The minimum absolute atomic E-state index is 0.191. The van der Waals surface area contributed by atoms with E-state index in [4.69, 9.17) is 15.9 Å². The van der Waals surface area contributed by atoms with Crippen molar-refractivity contribution in [1.82, 2.24) is 0 Å². The first-order chi connectivity index (χ1) is 5.49. The van der Waals surface area contributed by atoms with Crippen molar-refractivity contribution < 1.29 is 19.8 Å². The van der Waals surface area contributed by atoms with Crippen molar-refractivity contribution in [2.75, 3.05) is 0 Å². The third kappa shape index (κ3) is 3.34. The molecule has 0 aromatic heterocycles. The number of carboxylic acid groups (broad SMARTS) is 2. The van der Waals surface area contributed by atoms with Crippen LogP contribution in [0.1, 0.15) is 19.8 Å². The molecule has 4 N–H and O–H groups in total. The molecule has 0 spiro atoms. The molecule has 0 saturated carbocycles. The first-order valence-corrected chi connectivity index (χ1v) is 3.69. The molecule has 5 nitrogen and oxygen atoms in total. The lowest BCUT2D eigenvalue weighted by atomic mass is 9.94. The van der Waals surface area contributed by atoms with Crippen LogP contribution in [0, 0.1) is 5.92 Å². The second-order valence-electron chi connectivity index (χ2n) is 2.63. The summed E-state index contributed by atoms with van der Waals surface area (Å²) >= 11 is 0. The van der Waals surface area contributed by atoms with Crippen LogP contribution in [-0.4, -0.2) is 28.2 Å². The van der Waals surface area contributed by atoms with Gasteiger partial charge in [-0.3, -0.25) is 9.59 Å². The van der Waals surface area contributed by atoms with Gasteiger partial charge in [-0.2, -0.15) is 0 Å². The Labute approximate surface area is 70.2 Å². The normalized spacial score (nSPS) is 15.2. The predicted molar refractivity (Wildman–Crippen MR) is 41.6 cm³/mol. The highest BCUT2D eigenvalue weighted by Gasteiger charge is 2.24. The van der Waals surface area contributed by atoms with Crippen molar-refractivity contribution in [3.63, 3.8) is 0 Å². The lowest BCUT2D eigenvalue weighted by Crippen LogP contribution is -2.38. The fourth-order valence-electron chi connectivity index (χ4n) is 0.951. The van der Waals surface area contributed by atoms with Crippen LogP contribution in [0.4, 0.5) is 0 Å². The molecule has 70 valence electrons. The maximum Gasteiger partial charge on any atom is 0.320 e. The first kappa shape index (κ1) is 10.9. The zero-order chi connectivity index (χ0) is 9.72. The molecule has 0 rings (SSSR count). The summed E-state index contributed by atoms with van der Waals surface area (Å²) in [5.41, 5.74) is 5.26. The summed E-state index contributed by atoms with van der Waals surface area (Å²) in [5.74, 6) is -2.65. The van der Waals surface area contributed by atoms with Gasteiger partial charge in [-0.1, -0.05) is 13.3 Å². The van der Waals surface area contributed by atoms with Crippen molar-refractivity contribution in [3.8, 4) is 0 Å². The third-order valence-corrected chi connectivity index (χ3v) is 1.75. The fourth-order valence-corrected chi connectivity index (χ4v) is 0.951. The number of aliphatic carboxylic acids is 2. The molecule has 0 bridgehead atoms. The van der Waals surface area contributed by atoms with Gasteiger partial charge in [0.15, 0.2) is 0 Å². The quantitative estimate of drug-likeness (QED) is 0.541. The van der Waals surface area contributed by atoms with Crippen LogP contribution in [0.15, 0.2) is 0 Å². The first-order valence-electron chi connectivity index (χ1n) is 3.69. The van der Waals surface area contributed by atoms with Crippen LogP contribution in [0.3, 0.4) is 0 Å². The van der Waals surface area contributed by atoms with Gasteiger partial charge in [0.1, 0.15) is 6.04 Å². The molecule has 0 unspecified atom stereocenters. The van der Waals surface area contributed by atoms with E-state index in [0.717, 1.165) is 0 Å². The van der Waals surface area contributed by atoms with Crippen molar-refractivity contribution in [1.29, 1.82) is 0 Å². The smallest absolute Gasteiger partial charge is 0.320 e. The summed E-state index contributed by atoms with van der Waals surface area (Å²) in [7, 11) is 0. The third-order valence-electron chi connectivity index (χ3n) is 1.75. The zero-order valence-electron chi connectivity index (χ0n) is 6.86. The largest absolute Gasteiger partial charge is 0.481 e. The molecule has 0 aliphatic heterocycles. The van der Waals surface area contributed by atoms with E-state index in [2.05, 4.69) is 0 Å². The summed E-state index contributed by atoms with van der Waals surface area (Å²) in [6.45, 7) is 1.72. The standard InChI is InChI=1S/C7H13NO4/c1-2-4(3-5(9)10)6(8)7(11)12/h4,6H,2-3,8H2,1H3,(H,9,10)(H,11,12)/t4-,6-/m1/s1. The van der Waals surface area contributed by atoms with E-state index in [1.165, 1.54) is 0 Å². The molecule has 0 aliphatic carbocycles. The van der Waals surface area contributed by atoms with E-state index in [0.29, 0.717) is 6.42 Å². The topological polar surface area (TPSA) is 101 Å². The Morgan fingerprint density at radius 2 is 1.92 bits per heavy atom. The molecular weight excluding hydrogens is 162 g/mol. The SMILES string of the molecule is CC[C@H](CC(=O)O)[C@@H](N)C(=O)O. The molecule has 0 amide bonds. The molecule has 0 heterocycles. The molecule has 0 aromatic rings. The van der Waals surface area contributed by atoms with Crippen molar-refractivity contribution in [3.05, 3.63) is 0 Å². The second-order valence-corrected chi connectivity index (χ2v) is 2.63. The van der Waals surface area contributed by atoms with E-state index in [1.54, 1.807) is 6.92 Å². The van der Waals surface area contributed by atoms with Gasteiger partial charge in [0.2, 0.25) is 0 Å². The lowest BCUT2D eigenvalue weighted by Gasteiger charge is -2.16. The Morgan fingerprint density at radius 3 is 2.17 bits per heavy atom. The maximum atomic E-state index is 10.4. The van der Waals surface area contributed by atoms with Crippen LogP contribution < -0.4 is 5.73 Å². The van der Waals surface area contributed by atoms with Gasteiger partial charge < -0.3 is 15.9 Å². The zero-order valence-corrected chi connectivity index (χ0v) is 6.86. The van der Waals surface area contributed by atoms with Gasteiger partial charge in [0.25, 0.3) is 0 Å². The van der Waals surface area contributed by atoms with Gasteiger partial charge in [-0.05, 0) is 5.92 Å². The van der Waals surface area contributed by atoms with Crippen molar-refractivity contribution >= 4 is 11.9 Å². The minimum atomic E-state index is -1.15. The molecule has 0 saturated heterocycles. The van der Waals surface area contributed by atoms with Crippen molar-refractivity contribution in [2.24, 2.45) is 11.7 Å². The number of hydrogen-bond acceptors (Lipinski definition) is 3. The second kappa shape index (κ2) is 4.71. The maximum absolute atomic E-state index is 10.4. The minimum Gasteiger partial charge on any atom is -0.481 e. The van der Waals surface area contributed by atoms with Crippen molar-refractivity contribution in [2.45, 2.75) is 25.8 Å². The Bertz CT molecular complexity index is 180. The summed E-state index contributed by atoms with van der Waals surface area (Å²) in [4.78, 5) is 20.6. The molecule has 12 heavy (non-hydrogen) atoms. The number of carbonyl (C=O) groups is 2. The molecule has 0 radical (unpaired) electrons. The average Bonchev–Trinajstić information content (AvgIpc) is 1.98. The fraction of sp³-hybridized carbons (Fsp3) is 0.714. The van der Waals surface area contributed by atoms with E-state index in [9.17, 15) is 9.59 Å². The summed E-state index contributed by atoms with van der Waals surface area (Å²) in [6, 6.07) is -1.08. The van der Waals surface area contributed by atoms with Gasteiger partial charge in [0.05, 0.1) is 6.42 Å². The Hall–Kier alpha value is -1.10. The molecule has 2 atom stereocenters. The van der Waals surface area contributed by atoms with Crippen LogP contribution in [0.2, 0.25) is 0 Å². The summed E-state index contributed by atoms with van der Waals surface area (Å²) < 4.78 is 0. The number of hydrogen-bond donors (Lipinski definition) is 3. The van der Waals surface area contributed by atoms with Crippen LogP contribution in [-0.2, 0) is 9.59 Å². The summed E-state index contributed by atoms with van der Waals surface area (Å²) in [5, 5.41) is 16.9. The summed E-state index contributed by atoms with van der Waals surface area (Å²) in [6.07, 6.45) is 0.268. The average molecular weight is 175 g/mol. The molecular formula is C7H13NO4. The molecule has 0 fully saturated rings. The highest BCUT2D eigenvalue weighted by molar-refractivity contribution is 5.75. The highest BCUT2D eigenvalue weighted by Crippen LogP contribution is 2.11. The highest BCUT2D eigenvalue weighted by atomic mass is 16.4. The van der Waals surface area contributed by atoms with E-state index < -0.39 is 23.9 Å². The molecule has 0 aromatic carbocycles. The Morgan fingerprint density at radius 1 is 1.42 bits per heavy atom. The number of carboxylic acids is 2. The van der Waals surface area contributed by atoms with Gasteiger partial charge >= 0.3 is 11.9 Å². The van der Waals surface area contributed by atoms with Gasteiger partial charge in [-0.25, -0.2) is 0 Å². The van der Waals surface area contributed by atoms with E-state index in [-0.39, 0.29) is 6.42 Å². The molecule has 0 aliphatic rings. The van der Waals surface area contributed by atoms with Crippen LogP contribution in [0.25, 0.3) is 0 Å². The lowest BCUT2D eigenvalue weighted by molar-refractivity contribution is -0.142. The van der Waals surface area contributed by atoms with E-state index >= 15 is 0 Å². The Balaban J connectivity index is 4.14. The van der Waals surface area contributed by atoms with Crippen LogP contribution >= 0.6 is 0 Å². The molecule has 5 heteroatoms. The predicted octanol–water partition coefficient (Wildman–Crippen LogP) is -0.101. The number of nitrogens with two attached hydrogens (primary N) is 1. The van der Waals surface area contributed by atoms with Crippen LogP contribution in [0.5, 0.6) is 0 Å². The van der Waals surface area contributed by atoms with Gasteiger partial charge in [0, 0.05) is 0 Å². The monoisotopic (exact) mass is 175 g/mol. The Kier molecular flexibility index (Phi) is 4.28. The number of rotatable bonds is 5. The van der Waals surface area contributed by atoms with E-state index in [1.807, 2.05) is 0 Å².